The lowest BCUT2D eigenvalue weighted by Crippen LogP contribution is -2.21. The summed E-state index contributed by atoms with van der Waals surface area (Å²) in [4.78, 5) is 2.02. The molecule has 7 nitrogen and oxygen atoms in total. The van der Waals surface area contributed by atoms with Gasteiger partial charge in [0, 0.05) is 25.3 Å². The fraction of sp³-hybridized carbons (Fsp3) is 0.217. The van der Waals surface area contributed by atoms with Crippen LogP contribution in [0, 0.1) is 11.3 Å². The van der Waals surface area contributed by atoms with E-state index in [1.165, 1.54) is 0 Å². The summed E-state index contributed by atoms with van der Waals surface area (Å²) in [7, 11) is 3.97. The Balaban J connectivity index is 1.87. The molecule has 1 atom stereocenters. The summed E-state index contributed by atoms with van der Waals surface area (Å²) in [5, 5.41) is 17.2. The van der Waals surface area contributed by atoms with Crippen LogP contribution >= 0.6 is 0 Å². The maximum absolute atomic E-state index is 9.85. The third-order valence-electron chi connectivity index (χ3n) is 5.12. The van der Waals surface area contributed by atoms with Gasteiger partial charge in [-0.1, -0.05) is 24.3 Å². The Labute approximate surface area is 175 Å². The first-order valence-electron chi connectivity index (χ1n) is 9.69. The zero-order chi connectivity index (χ0) is 21.3. The monoisotopic (exact) mass is 401 g/mol. The predicted molar refractivity (Wildman–Crippen MR) is 115 cm³/mol. The van der Waals surface area contributed by atoms with Gasteiger partial charge in [-0.15, -0.1) is 5.10 Å². The number of hydrogen-bond acceptors (Lipinski definition) is 6. The molecular weight excluding hydrogens is 378 g/mol. The summed E-state index contributed by atoms with van der Waals surface area (Å²) < 4.78 is 11.3. The van der Waals surface area contributed by atoms with E-state index in [0.29, 0.717) is 18.1 Å². The predicted octanol–water partition coefficient (Wildman–Crippen LogP) is 3.76. The summed E-state index contributed by atoms with van der Waals surface area (Å²) in [5.41, 5.74) is 10.9. The average Bonchev–Trinajstić information content (AvgIpc) is 3.16. The fourth-order valence-electron chi connectivity index (χ4n) is 3.67. The van der Waals surface area contributed by atoms with Gasteiger partial charge in [0.25, 0.3) is 0 Å². The molecule has 30 heavy (non-hydrogen) atoms. The number of aromatic amines is 1. The molecule has 3 aromatic rings. The van der Waals surface area contributed by atoms with Crippen molar-refractivity contribution in [3.63, 3.8) is 0 Å². The summed E-state index contributed by atoms with van der Waals surface area (Å²) in [6, 6.07) is 18.0. The lowest BCUT2D eigenvalue weighted by Gasteiger charge is -2.24. The van der Waals surface area contributed by atoms with Crippen LogP contribution in [0.1, 0.15) is 24.0 Å². The van der Waals surface area contributed by atoms with Crippen molar-refractivity contribution in [2.75, 3.05) is 25.6 Å². The Bertz CT molecular complexity index is 1140. The van der Waals surface area contributed by atoms with Gasteiger partial charge in [-0.05, 0) is 36.8 Å². The normalized spacial score (nSPS) is 15.2. The second-order valence-electron chi connectivity index (χ2n) is 7.19. The van der Waals surface area contributed by atoms with Gasteiger partial charge in [0.1, 0.15) is 17.4 Å². The molecule has 0 spiro atoms. The summed E-state index contributed by atoms with van der Waals surface area (Å²) in [6.07, 6.45) is 0. The van der Waals surface area contributed by atoms with Crippen molar-refractivity contribution < 1.29 is 9.47 Å². The fourth-order valence-corrected chi connectivity index (χ4v) is 3.67. The second-order valence-corrected chi connectivity index (χ2v) is 7.19. The Morgan fingerprint density at radius 3 is 2.67 bits per heavy atom. The van der Waals surface area contributed by atoms with Crippen molar-refractivity contribution in [1.29, 1.82) is 5.26 Å². The summed E-state index contributed by atoms with van der Waals surface area (Å²) >= 11 is 0. The van der Waals surface area contributed by atoms with E-state index in [1.54, 1.807) is 0 Å². The van der Waals surface area contributed by atoms with Crippen LogP contribution < -0.4 is 20.1 Å². The van der Waals surface area contributed by atoms with Crippen molar-refractivity contribution in [3.8, 4) is 29.0 Å². The molecule has 3 N–H and O–H groups in total. The van der Waals surface area contributed by atoms with Crippen LogP contribution in [0.15, 0.2) is 60.0 Å². The number of nitriles is 1. The first-order chi connectivity index (χ1) is 14.5. The van der Waals surface area contributed by atoms with Crippen LogP contribution in [0.4, 0.5) is 5.69 Å². The Morgan fingerprint density at radius 1 is 1.23 bits per heavy atom. The molecule has 1 unspecified atom stereocenters. The number of anilines is 1. The standard InChI is InChI=1S/C23H23N5O2/c1-4-29-17-7-5-6-15(12-17)21-20-19(14-8-10-16(11-9-14)28(2)3)18(13-24)22(25)30-23(20)27-26-21/h5-12,19H,4,25H2,1-3H3,(H,26,27). The van der Waals surface area contributed by atoms with Crippen LogP contribution in [0.2, 0.25) is 0 Å². The molecular formula is C23H23N5O2. The molecule has 1 aliphatic heterocycles. The Hall–Kier alpha value is -3.92. The zero-order valence-corrected chi connectivity index (χ0v) is 17.1. The van der Waals surface area contributed by atoms with Crippen molar-refractivity contribution in [2.45, 2.75) is 12.8 Å². The highest BCUT2D eigenvalue weighted by Crippen LogP contribution is 2.46. The van der Waals surface area contributed by atoms with E-state index in [4.69, 9.17) is 15.2 Å². The van der Waals surface area contributed by atoms with E-state index in [1.807, 2.05) is 74.4 Å². The number of fused-ring (bicyclic) bond motifs is 1. The maximum atomic E-state index is 9.85. The van der Waals surface area contributed by atoms with Gasteiger partial charge < -0.3 is 20.1 Å². The number of nitrogens with one attached hydrogen (secondary N) is 1. The van der Waals surface area contributed by atoms with E-state index in [0.717, 1.165) is 33.8 Å². The van der Waals surface area contributed by atoms with Crippen LogP contribution in [-0.4, -0.2) is 30.9 Å². The highest BCUT2D eigenvalue weighted by molar-refractivity contribution is 5.72. The quantitative estimate of drug-likeness (QED) is 0.675. The molecule has 1 aliphatic rings. The lowest BCUT2D eigenvalue weighted by atomic mass is 9.83. The molecule has 2 aromatic carbocycles. The van der Waals surface area contributed by atoms with Gasteiger partial charge >= 0.3 is 0 Å². The van der Waals surface area contributed by atoms with E-state index in [9.17, 15) is 5.26 Å². The number of rotatable bonds is 5. The van der Waals surface area contributed by atoms with Gasteiger partial charge in [-0.25, -0.2) is 0 Å². The Morgan fingerprint density at radius 2 is 2.00 bits per heavy atom. The van der Waals surface area contributed by atoms with Gasteiger partial charge in [0.15, 0.2) is 0 Å². The smallest absolute Gasteiger partial charge is 0.244 e. The minimum atomic E-state index is -0.389. The maximum Gasteiger partial charge on any atom is 0.244 e. The van der Waals surface area contributed by atoms with Crippen LogP contribution in [0.5, 0.6) is 11.6 Å². The molecule has 0 bridgehead atoms. The van der Waals surface area contributed by atoms with E-state index >= 15 is 0 Å². The number of nitrogens with zero attached hydrogens (tertiary/aromatic N) is 3. The molecule has 0 saturated heterocycles. The minimum Gasteiger partial charge on any atom is -0.494 e. The van der Waals surface area contributed by atoms with Crippen LogP contribution in [-0.2, 0) is 0 Å². The SMILES string of the molecule is CCOc1cccc(-c2[nH]nc3c2C(c2ccc(N(C)C)cc2)C(C#N)=C(N)O3)c1. The number of allylic oxidation sites excluding steroid dienone is 1. The lowest BCUT2D eigenvalue weighted by molar-refractivity contribution is 0.340. The number of ether oxygens (including phenoxy) is 2. The van der Waals surface area contributed by atoms with Crippen molar-refractivity contribution in [1.82, 2.24) is 10.2 Å². The van der Waals surface area contributed by atoms with Crippen molar-refractivity contribution in [2.24, 2.45) is 5.73 Å². The van der Waals surface area contributed by atoms with E-state index in [-0.39, 0.29) is 11.8 Å². The summed E-state index contributed by atoms with van der Waals surface area (Å²) in [5.74, 6) is 0.829. The number of benzene rings is 2. The molecule has 0 radical (unpaired) electrons. The number of nitrogens with two attached hydrogens (primary N) is 1. The van der Waals surface area contributed by atoms with Crippen molar-refractivity contribution >= 4 is 5.69 Å². The number of H-pyrrole nitrogens is 1. The number of aromatic nitrogens is 2. The van der Waals surface area contributed by atoms with Gasteiger partial charge in [0.05, 0.1) is 23.8 Å². The third kappa shape index (κ3) is 3.33. The molecule has 0 fully saturated rings. The third-order valence-corrected chi connectivity index (χ3v) is 5.12. The molecule has 1 aromatic heterocycles. The molecule has 2 heterocycles. The first kappa shape index (κ1) is 19.4. The van der Waals surface area contributed by atoms with Gasteiger partial charge in [-0.2, -0.15) is 5.26 Å². The van der Waals surface area contributed by atoms with Gasteiger partial charge in [0.2, 0.25) is 11.8 Å². The van der Waals surface area contributed by atoms with Crippen LogP contribution in [0.25, 0.3) is 11.3 Å². The Kier molecular flexibility index (Phi) is 5.07. The molecule has 0 saturated carbocycles. The topological polar surface area (TPSA) is 100 Å². The average molecular weight is 401 g/mol. The summed E-state index contributed by atoms with van der Waals surface area (Å²) in [6.45, 7) is 2.52. The van der Waals surface area contributed by atoms with Gasteiger partial charge in [-0.3, -0.25) is 5.10 Å². The molecule has 152 valence electrons. The van der Waals surface area contributed by atoms with E-state index < -0.39 is 0 Å². The highest BCUT2D eigenvalue weighted by atomic mass is 16.5. The molecule has 0 aliphatic carbocycles. The largest absolute Gasteiger partial charge is 0.494 e. The highest BCUT2D eigenvalue weighted by Gasteiger charge is 2.35. The minimum absolute atomic E-state index is 0.0767. The molecule has 0 amide bonds. The number of hydrogen-bond donors (Lipinski definition) is 2. The van der Waals surface area contributed by atoms with Crippen molar-refractivity contribution in [3.05, 3.63) is 71.1 Å². The second kappa shape index (κ2) is 7.84. The first-order valence-corrected chi connectivity index (χ1v) is 9.69. The van der Waals surface area contributed by atoms with E-state index in [2.05, 4.69) is 16.3 Å². The van der Waals surface area contributed by atoms with Crippen LogP contribution in [0.3, 0.4) is 0 Å². The molecule has 4 rings (SSSR count). The molecule has 7 heteroatoms. The zero-order valence-electron chi connectivity index (χ0n) is 17.1.